The van der Waals surface area contributed by atoms with Gasteiger partial charge in [-0.2, -0.15) is 5.10 Å². The molecule has 0 radical (unpaired) electrons. The molecule has 0 fully saturated rings. The van der Waals surface area contributed by atoms with E-state index >= 15 is 0 Å². The summed E-state index contributed by atoms with van der Waals surface area (Å²) in [4.78, 5) is 12.8. The Morgan fingerprint density at radius 1 is 1.07 bits per heavy atom. The molecule has 3 aromatic rings. The van der Waals surface area contributed by atoms with Crippen molar-refractivity contribution < 1.29 is 4.79 Å². The number of benzene rings is 2. The van der Waals surface area contributed by atoms with Gasteiger partial charge in [0.1, 0.15) is 11.2 Å². The average Bonchev–Trinajstić information content (AvgIpc) is 3.05. The van der Waals surface area contributed by atoms with Gasteiger partial charge in [-0.25, -0.2) is 4.68 Å². The van der Waals surface area contributed by atoms with Crippen LogP contribution in [0.15, 0.2) is 54.6 Å². The lowest BCUT2D eigenvalue weighted by molar-refractivity contribution is -0.116. The number of hydrogen-bond donors (Lipinski definition) is 1. The third-order valence-electron chi connectivity index (χ3n) is 4.63. The summed E-state index contributed by atoms with van der Waals surface area (Å²) in [7, 11) is 0. The summed E-state index contributed by atoms with van der Waals surface area (Å²) >= 11 is 6.41. The van der Waals surface area contributed by atoms with Crippen LogP contribution < -0.4 is 5.32 Å². The van der Waals surface area contributed by atoms with Crippen molar-refractivity contribution in [3.05, 3.63) is 77.0 Å². The molecule has 28 heavy (non-hydrogen) atoms. The fraction of sp³-hybridized carbons (Fsp3) is 0.304. The van der Waals surface area contributed by atoms with E-state index in [1.165, 1.54) is 5.56 Å². The fourth-order valence-corrected chi connectivity index (χ4v) is 3.23. The van der Waals surface area contributed by atoms with Gasteiger partial charge in [-0.3, -0.25) is 4.79 Å². The number of carbonyl (C=O) groups excluding carboxylic acids is 1. The van der Waals surface area contributed by atoms with E-state index in [-0.39, 0.29) is 11.3 Å². The molecule has 0 aliphatic rings. The third-order valence-corrected chi connectivity index (χ3v) is 5.08. The van der Waals surface area contributed by atoms with E-state index in [0.29, 0.717) is 5.82 Å². The molecule has 0 saturated heterocycles. The summed E-state index contributed by atoms with van der Waals surface area (Å²) in [5, 5.41) is 6.98. The van der Waals surface area contributed by atoms with Gasteiger partial charge in [0.05, 0.1) is 11.4 Å². The molecule has 3 rings (SSSR count). The van der Waals surface area contributed by atoms with Crippen molar-refractivity contribution in [2.75, 3.05) is 5.32 Å². The van der Waals surface area contributed by atoms with Crippen molar-refractivity contribution >= 4 is 23.3 Å². The second kappa shape index (κ2) is 7.80. The average molecular weight is 396 g/mol. The number of nitrogens with one attached hydrogen (secondary N) is 1. The predicted molar refractivity (Wildman–Crippen MR) is 115 cm³/mol. The molecule has 4 nitrogen and oxygen atoms in total. The minimum absolute atomic E-state index is 0.150. The van der Waals surface area contributed by atoms with Gasteiger partial charge in [0.2, 0.25) is 5.91 Å². The van der Waals surface area contributed by atoms with Gasteiger partial charge in [0, 0.05) is 11.5 Å². The highest BCUT2D eigenvalue weighted by Crippen LogP contribution is 2.29. The molecule has 0 saturated carbocycles. The van der Waals surface area contributed by atoms with Gasteiger partial charge in [0.15, 0.2) is 0 Å². The Morgan fingerprint density at radius 2 is 1.75 bits per heavy atom. The first-order chi connectivity index (χ1) is 13.2. The standard InChI is InChI=1S/C23H26ClN3O/c1-15-11-12-18(16(2)13-15)27-20(14-19(26-27)23(3,4)5)25-22(28)21(24)17-9-7-6-8-10-17/h6-14,21H,1-5H3,(H,25,28). The Hall–Kier alpha value is -2.59. The van der Waals surface area contributed by atoms with Crippen LogP contribution in [0.3, 0.4) is 0 Å². The molecule has 0 spiro atoms. The number of aryl methyl sites for hydroxylation is 2. The Bertz CT molecular complexity index is 987. The first-order valence-electron chi connectivity index (χ1n) is 9.35. The van der Waals surface area contributed by atoms with E-state index in [2.05, 4.69) is 39.1 Å². The number of hydrogen-bond acceptors (Lipinski definition) is 2. The lowest BCUT2D eigenvalue weighted by Crippen LogP contribution is -2.19. The van der Waals surface area contributed by atoms with Crippen molar-refractivity contribution in [2.24, 2.45) is 0 Å². The number of alkyl halides is 1. The molecule has 146 valence electrons. The third kappa shape index (κ3) is 4.28. The molecule has 1 amide bonds. The number of nitrogens with zero attached hydrogens (tertiary/aromatic N) is 2. The molecule has 0 bridgehead atoms. The zero-order chi connectivity index (χ0) is 20.5. The van der Waals surface area contributed by atoms with Crippen molar-refractivity contribution in [3.8, 4) is 5.69 Å². The first kappa shape index (κ1) is 20.2. The van der Waals surface area contributed by atoms with E-state index in [9.17, 15) is 4.79 Å². The van der Waals surface area contributed by atoms with Gasteiger partial charge in [-0.1, -0.05) is 68.8 Å². The van der Waals surface area contributed by atoms with Crippen LogP contribution in [-0.4, -0.2) is 15.7 Å². The smallest absolute Gasteiger partial charge is 0.248 e. The van der Waals surface area contributed by atoms with Crippen LogP contribution in [0, 0.1) is 13.8 Å². The summed E-state index contributed by atoms with van der Waals surface area (Å²) in [6, 6.07) is 17.4. The monoisotopic (exact) mass is 395 g/mol. The Balaban J connectivity index is 1.99. The normalized spacial score (nSPS) is 12.6. The summed E-state index contributed by atoms with van der Waals surface area (Å²) in [6.45, 7) is 10.4. The minimum Gasteiger partial charge on any atom is -0.309 e. The van der Waals surface area contributed by atoms with E-state index in [1.807, 2.05) is 55.5 Å². The van der Waals surface area contributed by atoms with Gasteiger partial charge in [0.25, 0.3) is 0 Å². The number of carbonyl (C=O) groups is 1. The molecule has 1 unspecified atom stereocenters. The van der Waals surface area contributed by atoms with Gasteiger partial charge < -0.3 is 5.32 Å². The zero-order valence-electron chi connectivity index (χ0n) is 17.0. The number of amides is 1. The number of rotatable bonds is 4. The Morgan fingerprint density at radius 3 is 2.36 bits per heavy atom. The Labute approximate surface area is 171 Å². The summed E-state index contributed by atoms with van der Waals surface area (Å²) in [5.74, 6) is 0.336. The van der Waals surface area contributed by atoms with Crippen LogP contribution in [0.25, 0.3) is 5.69 Å². The molecule has 2 aromatic carbocycles. The molecule has 1 heterocycles. The molecular formula is C23H26ClN3O. The molecule has 1 N–H and O–H groups in total. The van der Waals surface area contributed by atoms with Crippen LogP contribution in [0.2, 0.25) is 0 Å². The maximum atomic E-state index is 12.8. The van der Waals surface area contributed by atoms with Crippen LogP contribution in [0.1, 0.15) is 48.5 Å². The molecular weight excluding hydrogens is 370 g/mol. The summed E-state index contributed by atoms with van der Waals surface area (Å²) in [6.07, 6.45) is 0. The fourth-order valence-electron chi connectivity index (χ4n) is 3.03. The highest BCUT2D eigenvalue weighted by molar-refractivity contribution is 6.32. The highest BCUT2D eigenvalue weighted by atomic mass is 35.5. The van der Waals surface area contributed by atoms with E-state index in [0.717, 1.165) is 22.5 Å². The molecule has 5 heteroatoms. The topological polar surface area (TPSA) is 46.9 Å². The second-order valence-corrected chi connectivity index (χ2v) is 8.57. The minimum atomic E-state index is -0.776. The van der Waals surface area contributed by atoms with E-state index in [4.69, 9.17) is 16.7 Å². The number of halogens is 1. The van der Waals surface area contributed by atoms with Crippen LogP contribution >= 0.6 is 11.6 Å². The molecule has 0 aliphatic heterocycles. The van der Waals surface area contributed by atoms with Gasteiger partial charge in [-0.15, -0.1) is 11.6 Å². The summed E-state index contributed by atoms with van der Waals surface area (Å²) in [5.41, 5.74) is 4.71. The van der Waals surface area contributed by atoms with Crippen molar-refractivity contribution in [3.63, 3.8) is 0 Å². The van der Waals surface area contributed by atoms with E-state index < -0.39 is 5.38 Å². The zero-order valence-corrected chi connectivity index (χ0v) is 17.7. The van der Waals surface area contributed by atoms with Crippen LogP contribution in [0.5, 0.6) is 0 Å². The van der Waals surface area contributed by atoms with Gasteiger partial charge >= 0.3 is 0 Å². The largest absolute Gasteiger partial charge is 0.309 e. The maximum absolute atomic E-state index is 12.8. The summed E-state index contributed by atoms with van der Waals surface area (Å²) < 4.78 is 1.79. The van der Waals surface area contributed by atoms with Crippen molar-refractivity contribution in [2.45, 2.75) is 45.4 Å². The lowest BCUT2D eigenvalue weighted by Gasteiger charge is -2.15. The quantitative estimate of drug-likeness (QED) is 0.575. The molecule has 1 atom stereocenters. The van der Waals surface area contributed by atoms with Gasteiger partial charge in [-0.05, 0) is 31.0 Å². The number of anilines is 1. The lowest BCUT2D eigenvalue weighted by atomic mass is 9.92. The molecule has 1 aromatic heterocycles. The van der Waals surface area contributed by atoms with Crippen LogP contribution in [0.4, 0.5) is 5.82 Å². The van der Waals surface area contributed by atoms with Crippen LogP contribution in [-0.2, 0) is 10.2 Å². The highest BCUT2D eigenvalue weighted by Gasteiger charge is 2.24. The van der Waals surface area contributed by atoms with Crippen molar-refractivity contribution in [1.29, 1.82) is 0 Å². The van der Waals surface area contributed by atoms with Crippen molar-refractivity contribution in [1.82, 2.24) is 9.78 Å². The maximum Gasteiger partial charge on any atom is 0.248 e. The molecule has 0 aliphatic carbocycles. The Kier molecular flexibility index (Phi) is 5.61. The SMILES string of the molecule is Cc1ccc(-n2nc(C(C)(C)C)cc2NC(=O)C(Cl)c2ccccc2)c(C)c1. The number of aromatic nitrogens is 2. The predicted octanol–water partition coefficient (Wildman–Crippen LogP) is 5.71. The van der Waals surface area contributed by atoms with E-state index in [1.54, 1.807) is 4.68 Å². The second-order valence-electron chi connectivity index (χ2n) is 8.13. The first-order valence-corrected chi connectivity index (χ1v) is 9.78.